The van der Waals surface area contributed by atoms with E-state index < -0.39 is 0 Å². The molecule has 0 aliphatic rings. The minimum Gasteiger partial charge on any atom is -0.360 e. The van der Waals surface area contributed by atoms with Crippen molar-refractivity contribution < 1.29 is 4.79 Å². The zero-order valence-electron chi connectivity index (χ0n) is 12.0. The molecule has 7 heteroatoms. The predicted octanol–water partition coefficient (Wildman–Crippen LogP) is 2.71. The van der Waals surface area contributed by atoms with Gasteiger partial charge in [-0.15, -0.1) is 10.2 Å². The molecular formula is C12H22N4OS2. The van der Waals surface area contributed by atoms with Crippen LogP contribution in [0.2, 0.25) is 0 Å². The van der Waals surface area contributed by atoms with Crippen molar-refractivity contribution in [2.45, 2.75) is 43.7 Å². The number of thioether (sulfide) groups is 1. The van der Waals surface area contributed by atoms with Gasteiger partial charge in [-0.05, 0) is 27.2 Å². The van der Waals surface area contributed by atoms with Crippen molar-refractivity contribution in [3.8, 4) is 0 Å². The van der Waals surface area contributed by atoms with Crippen LogP contribution >= 0.6 is 23.1 Å². The molecule has 1 atom stereocenters. The van der Waals surface area contributed by atoms with E-state index in [1.54, 1.807) is 0 Å². The highest BCUT2D eigenvalue weighted by molar-refractivity contribution is 8.02. The Morgan fingerprint density at radius 1 is 1.37 bits per heavy atom. The molecule has 1 aromatic rings. The minimum absolute atomic E-state index is 0.119. The summed E-state index contributed by atoms with van der Waals surface area (Å²) in [5.74, 6) is 0.160. The van der Waals surface area contributed by atoms with Crippen LogP contribution in [0.25, 0.3) is 0 Å². The Hall–Kier alpha value is -0.820. The lowest BCUT2D eigenvalue weighted by atomic mass is 10.4. The predicted molar refractivity (Wildman–Crippen MR) is 81.9 cm³/mol. The highest BCUT2D eigenvalue weighted by atomic mass is 32.2. The van der Waals surface area contributed by atoms with Gasteiger partial charge in [0.05, 0.1) is 5.25 Å². The van der Waals surface area contributed by atoms with E-state index in [0.29, 0.717) is 0 Å². The molecule has 1 aromatic heterocycles. The number of carbonyl (C=O) groups is 1. The van der Waals surface area contributed by atoms with Crippen LogP contribution in [-0.2, 0) is 4.79 Å². The average molecular weight is 302 g/mol. The van der Waals surface area contributed by atoms with Gasteiger partial charge < -0.3 is 10.2 Å². The van der Waals surface area contributed by atoms with Crippen molar-refractivity contribution in [1.82, 2.24) is 15.1 Å². The summed E-state index contributed by atoms with van der Waals surface area (Å²) in [5.41, 5.74) is 0. The molecule has 0 aliphatic carbocycles. The van der Waals surface area contributed by atoms with E-state index in [1.807, 2.05) is 25.7 Å². The molecule has 0 radical (unpaired) electrons. The smallest absolute Gasteiger partial charge is 0.235 e. The van der Waals surface area contributed by atoms with Crippen molar-refractivity contribution >= 4 is 34.1 Å². The number of rotatable bonds is 8. The lowest BCUT2D eigenvalue weighted by molar-refractivity contribution is -0.129. The first-order chi connectivity index (χ1) is 9.12. The summed E-state index contributed by atoms with van der Waals surface area (Å²) >= 11 is 2.98. The third-order valence-electron chi connectivity index (χ3n) is 2.63. The fourth-order valence-corrected chi connectivity index (χ4v) is 3.56. The highest BCUT2D eigenvalue weighted by Gasteiger charge is 2.20. The van der Waals surface area contributed by atoms with Crippen LogP contribution in [0.5, 0.6) is 0 Å². The largest absolute Gasteiger partial charge is 0.360 e. The van der Waals surface area contributed by atoms with Crippen LogP contribution in [0.4, 0.5) is 5.13 Å². The molecule has 0 saturated carbocycles. The molecule has 0 fully saturated rings. The molecular weight excluding hydrogens is 280 g/mol. The van der Waals surface area contributed by atoms with Crippen LogP contribution in [0.15, 0.2) is 4.34 Å². The van der Waals surface area contributed by atoms with E-state index in [1.165, 1.54) is 23.1 Å². The quantitative estimate of drug-likeness (QED) is 0.748. The zero-order chi connectivity index (χ0) is 14.3. The molecule has 1 rings (SSSR count). The van der Waals surface area contributed by atoms with Crippen LogP contribution in [0.3, 0.4) is 0 Å². The zero-order valence-corrected chi connectivity index (χ0v) is 13.6. The number of nitrogens with one attached hydrogen (secondary N) is 1. The number of carbonyl (C=O) groups excluding carboxylic acids is 1. The molecule has 0 spiro atoms. The molecule has 19 heavy (non-hydrogen) atoms. The minimum atomic E-state index is -0.119. The third kappa shape index (κ3) is 4.99. The van der Waals surface area contributed by atoms with Crippen molar-refractivity contribution in [3.63, 3.8) is 0 Å². The molecule has 5 nitrogen and oxygen atoms in total. The van der Waals surface area contributed by atoms with E-state index in [4.69, 9.17) is 0 Å². The first-order valence-corrected chi connectivity index (χ1v) is 8.34. The van der Waals surface area contributed by atoms with Gasteiger partial charge in [0.1, 0.15) is 0 Å². The topological polar surface area (TPSA) is 58.1 Å². The number of amides is 1. The Morgan fingerprint density at radius 2 is 2.05 bits per heavy atom. The number of nitrogens with zero attached hydrogens (tertiary/aromatic N) is 3. The highest BCUT2D eigenvalue weighted by Crippen LogP contribution is 2.29. The third-order valence-corrected chi connectivity index (χ3v) is 4.69. The number of hydrogen-bond donors (Lipinski definition) is 1. The van der Waals surface area contributed by atoms with Crippen molar-refractivity contribution in [1.29, 1.82) is 0 Å². The maximum atomic E-state index is 12.1. The fourth-order valence-electron chi connectivity index (χ4n) is 1.55. The van der Waals surface area contributed by atoms with Gasteiger partial charge in [0.25, 0.3) is 0 Å². The molecule has 0 bridgehead atoms. The van der Waals surface area contributed by atoms with Crippen LogP contribution in [0.1, 0.15) is 34.1 Å². The lowest BCUT2D eigenvalue weighted by Gasteiger charge is -2.21. The second-order valence-corrected chi connectivity index (χ2v) is 6.64. The Morgan fingerprint density at radius 3 is 2.63 bits per heavy atom. The first kappa shape index (κ1) is 16.2. The fraction of sp³-hybridized carbons (Fsp3) is 0.750. The Kier molecular flexibility index (Phi) is 7.15. The van der Waals surface area contributed by atoms with Gasteiger partial charge in [0, 0.05) is 19.6 Å². The summed E-state index contributed by atoms with van der Waals surface area (Å²) in [5, 5.41) is 12.1. The number of aromatic nitrogens is 2. The van der Waals surface area contributed by atoms with Crippen LogP contribution in [-0.4, -0.2) is 45.9 Å². The normalized spacial score (nSPS) is 12.2. The molecule has 1 unspecified atom stereocenters. The molecule has 0 aromatic carbocycles. The summed E-state index contributed by atoms with van der Waals surface area (Å²) in [7, 11) is 0. The second-order valence-electron chi connectivity index (χ2n) is 4.07. The van der Waals surface area contributed by atoms with Crippen molar-refractivity contribution in [2.75, 3.05) is 25.0 Å². The summed E-state index contributed by atoms with van der Waals surface area (Å²) in [6.45, 7) is 10.4. The van der Waals surface area contributed by atoms with E-state index in [2.05, 4.69) is 22.4 Å². The summed E-state index contributed by atoms with van der Waals surface area (Å²) in [4.78, 5) is 14.0. The maximum absolute atomic E-state index is 12.1. The van der Waals surface area contributed by atoms with Crippen LogP contribution in [0, 0.1) is 0 Å². The van der Waals surface area contributed by atoms with E-state index in [0.717, 1.165) is 35.5 Å². The van der Waals surface area contributed by atoms with E-state index in [-0.39, 0.29) is 11.2 Å². The van der Waals surface area contributed by atoms with Gasteiger partial charge in [0.15, 0.2) is 4.34 Å². The van der Waals surface area contributed by atoms with Gasteiger partial charge in [-0.25, -0.2) is 0 Å². The lowest BCUT2D eigenvalue weighted by Crippen LogP contribution is -2.36. The first-order valence-electron chi connectivity index (χ1n) is 6.65. The molecule has 1 heterocycles. The second kappa shape index (κ2) is 8.37. The molecule has 1 amide bonds. The monoisotopic (exact) mass is 302 g/mol. The van der Waals surface area contributed by atoms with Crippen molar-refractivity contribution in [3.05, 3.63) is 0 Å². The maximum Gasteiger partial charge on any atom is 0.235 e. The summed E-state index contributed by atoms with van der Waals surface area (Å²) < 4.78 is 0.839. The average Bonchev–Trinajstić information content (AvgIpc) is 2.85. The molecule has 0 aliphatic heterocycles. The SMILES string of the molecule is CCCNc1nnc(SC(C)C(=O)N(CC)CC)s1. The summed E-state index contributed by atoms with van der Waals surface area (Å²) in [6, 6.07) is 0. The molecule has 108 valence electrons. The van der Waals surface area contributed by atoms with Crippen LogP contribution < -0.4 is 5.32 Å². The Balaban J connectivity index is 2.53. The standard InChI is InChI=1S/C12H22N4OS2/c1-5-8-13-11-14-15-12(19-11)18-9(4)10(17)16(6-2)7-3/h9H,5-8H2,1-4H3,(H,13,14). The van der Waals surface area contributed by atoms with Gasteiger partial charge in [-0.1, -0.05) is 30.0 Å². The van der Waals surface area contributed by atoms with Gasteiger partial charge >= 0.3 is 0 Å². The number of hydrogen-bond acceptors (Lipinski definition) is 6. The van der Waals surface area contributed by atoms with Gasteiger partial charge in [-0.2, -0.15) is 0 Å². The molecule has 0 saturated heterocycles. The summed E-state index contributed by atoms with van der Waals surface area (Å²) in [6.07, 6.45) is 1.05. The van der Waals surface area contributed by atoms with Gasteiger partial charge in [0.2, 0.25) is 11.0 Å². The van der Waals surface area contributed by atoms with E-state index in [9.17, 15) is 4.79 Å². The number of anilines is 1. The Bertz CT molecular complexity index is 393. The van der Waals surface area contributed by atoms with E-state index >= 15 is 0 Å². The van der Waals surface area contributed by atoms with Crippen molar-refractivity contribution in [2.24, 2.45) is 0 Å². The Labute approximate surface area is 123 Å². The van der Waals surface area contributed by atoms with Gasteiger partial charge in [-0.3, -0.25) is 4.79 Å². The molecule has 1 N–H and O–H groups in total.